The van der Waals surface area contributed by atoms with Crippen LogP contribution in [0.1, 0.15) is 35.7 Å². The highest BCUT2D eigenvalue weighted by Gasteiger charge is 2.10. The summed E-state index contributed by atoms with van der Waals surface area (Å²) < 4.78 is 5.57. The van der Waals surface area contributed by atoms with Gasteiger partial charge in [-0.15, -0.1) is 0 Å². The lowest BCUT2D eigenvalue weighted by Crippen LogP contribution is -1.97. The first-order valence-electron chi connectivity index (χ1n) is 5.04. The van der Waals surface area contributed by atoms with Crippen LogP contribution in [0.2, 0.25) is 0 Å². The Hall–Kier alpha value is -1.31. The molecule has 0 aromatic heterocycles. The minimum atomic E-state index is 0.122. The van der Waals surface area contributed by atoms with Gasteiger partial charge in [-0.2, -0.15) is 0 Å². The molecule has 1 heterocycles. The molecule has 0 aliphatic carbocycles. The minimum absolute atomic E-state index is 0.122. The monoisotopic (exact) mass is 190 g/mol. The summed E-state index contributed by atoms with van der Waals surface area (Å²) in [5, 5.41) is 0. The number of aryl methyl sites for hydroxylation is 1. The predicted octanol–water partition coefficient (Wildman–Crippen LogP) is 2.60. The van der Waals surface area contributed by atoms with Crippen molar-refractivity contribution in [3.05, 3.63) is 29.3 Å². The summed E-state index contributed by atoms with van der Waals surface area (Å²) in [6.45, 7) is 2.39. The van der Waals surface area contributed by atoms with E-state index in [4.69, 9.17) is 4.74 Å². The van der Waals surface area contributed by atoms with E-state index in [0.717, 1.165) is 37.2 Å². The lowest BCUT2D eigenvalue weighted by atomic mass is 10.0. The molecular formula is C12H14O2. The van der Waals surface area contributed by atoms with Crippen molar-refractivity contribution < 1.29 is 9.53 Å². The number of benzene rings is 1. The molecular weight excluding hydrogens is 176 g/mol. The number of carbonyl (C=O) groups excluding carboxylic acids is 1. The standard InChI is InChI=1S/C12H14O2/c1-9(13)10-5-6-12-11(8-10)4-2-3-7-14-12/h5-6,8H,2-4,7H2,1H3. The third kappa shape index (κ3) is 1.79. The van der Waals surface area contributed by atoms with Crippen molar-refractivity contribution in [1.82, 2.24) is 0 Å². The average molecular weight is 190 g/mol. The molecule has 2 rings (SSSR count). The van der Waals surface area contributed by atoms with Crippen molar-refractivity contribution in [2.24, 2.45) is 0 Å². The smallest absolute Gasteiger partial charge is 0.159 e. The Morgan fingerprint density at radius 3 is 3.00 bits per heavy atom. The molecule has 14 heavy (non-hydrogen) atoms. The Kier molecular flexibility index (Phi) is 2.53. The summed E-state index contributed by atoms with van der Waals surface area (Å²) in [6.07, 6.45) is 3.27. The van der Waals surface area contributed by atoms with E-state index in [1.165, 1.54) is 5.56 Å². The summed E-state index contributed by atoms with van der Waals surface area (Å²) in [4.78, 5) is 11.2. The predicted molar refractivity (Wildman–Crippen MR) is 54.9 cm³/mol. The van der Waals surface area contributed by atoms with E-state index >= 15 is 0 Å². The summed E-state index contributed by atoms with van der Waals surface area (Å²) in [6, 6.07) is 5.72. The van der Waals surface area contributed by atoms with Crippen LogP contribution in [0.25, 0.3) is 0 Å². The summed E-state index contributed by atoms with van der Waals surface area (Å²) in [7, 11) is 0. The fourth-order valence-electron chi connectivity index (χ4n) is 1.73. The van der Waals surface area contributed by atoms with Gasteiger partial charge in [0.2, 0.25) is 0 Å². The van der Waals surface area contributed by atoms with Crippen LogP contribution >= 0.6 is 0 Å². The highest BCUT2D eigenvalue weighted by Crippen LogP contribution is 2.25. The van der Waals surface area contributed by atoms with Crippen LogP contribution in [0, 0.1) is 0 Å². The number of ether oxygens (including phenoxy) is 1. The summed E-state index contributed by atoms with van der Waals surface area (Å²) in [5.41, 5.74) is 1.96. The van der Waals surface area contributed by atoms with E-state index in [9.17, 15) is 4.79 Å². The van der Waals surface area contributed by atoms with Gasteiger partial charge in [-0.25, -0.2) is 0 Å². The van der Waals surface area contributed by atoms with Gasteiger partial charge in [-0.3, -0.25) is 4.79 Å². The van der Waals surface area contributed by atoms with Gasteiger partial charge in [0.25, 0.3) is 0 Å². The Bertz CT molecular complexity index is 355. The molecule has 0 saturated heterocycles. The fourth-order valence-corrected chi connectivity index (χ4v) is 1.73. The number of hydrogen-bond acceptors (Lipinski definition) is 2. The maximum absolute atomic E-state index is 11.2. The van der Waals surface area contributed by atoms with Gasteiger partial charge in [-0.1, -0.05) is 0 Å². The highest BCUT2D eigenvalue weighted by molar-refractivity contribution is 5.94. The fraction of sp³-hybridized carbons (Fsp3) is 0.417. The Balaban J connectivity index is 2.37. The second-order valence-electron chi connectivity index (χ2n) is 3.68. The SMILES string of the molecule is CC(=O)c1ccc2c(c1)CCCCO2. The van der Waals surface area contributed by atoms with Crippen molar-refractivity contribution >= 4 is 5.78 Å². The number of ketones is 1. The Labute approximate surface area is 83.9 Å². The molecule has 1 aliphatic rings. The van der Waals surface area contributed by atoms with Crippen molar-refractivity contribution in [3.63, 3.8) is 0 Å². The molecule has 0 saturated carbocycles. The topological polar surface area (TPSA) is 26.3 Å². The van der Waals surface area contributed by atoms with Gasteiger partial charge in [-0.05, 0) is 49.9 Å². The maximum Gasteiger partial charge on any atom is 0.159 e. The lowest BCUT2D eigenvalue weighted by Gasteiger charge is -2.07. The molecule has 0 fully saturated rings. The first-order valence-corrected chi connectivity index (χ1v) is 5.04. The first kappa shape index (κ1) is 9.25. The molecule has 0 bridgehead atoms. The molecule has 74 valence electrons. The number of rotatable bonds is 1. The molecule has 0 unspecified atom stereocenters. The van der Waals surface area contributed by atoms with Crippen LogP contribution in [-0.4, -0.2) is 12.4 Å². The van der Waals surface area contributed by atoms with E-state index < -0.39 is 0 Å². The Morgan fingerprint density at radius 2 is 2.21 bits per heavy atom. The van der Waals surface area contributed by atoms with E-state index in [1.54, 1.807) is 6.92 Å². The van der Waals surface area contributed by atoms with Crippen LogP contribution in [-0.2, 0) is 6.42 Å². The molecule has 0 radical (unpaired) electrons. The average Bonchev–Trinajstić information content (AvgIpc) is 2.41. The zero-order valence-corrected chi connectivity index (χ0v) is 8.38. The zero-order valence-electron chi connectivity index (χ0n) is 8.38. The molecule has 0 N–H and O–H groups in total. The van der Waals surface area contributed by atoms with Crippen LogP contribution < -0.4 is 4.74 Å². The van der Waals surface area contributed by atoms with E-state index in [2.05, 4.69) is 0 Å². The summed E-state index contributed by atoms with van der Waals surface area (Å²) >= 11 is 0. The van der Waals surface area contributed by atoms with Crippen LogP contribution in [0.15, 0.2) is 18.2 Å². The van der Waals surface area contributed by atoms with Gasteiger partial charge in [0.1, 0.15) is 5.75 Å². The maximum atomic E-state index is 11.2. The molecule has 2 heteroatoms. The molecule has 0 atom stereocenters. The zero-order chi connectivity index (χ0) is 9.97. The minimum Gasteiger partial charge on any atom is -0.493 e. The van der Waals surface area contributed by atoms with Crippen molar-refractivity contribution in [2.45, 2.75) is 26.2 Å². The number of carbonyl (C=O) groups is 1. The third-order valence-electron chi connectivity index (χ3n) is 2.57. The highest BCUT2D eigenvalue weighted by atomic mass is 16.5. The second-order valence-corrected chi connectivity index (χ2v) is 3.68. The second kappa shape index (κ2) is 3.82. The van der Waals surface area contributed by atoms with Crippen molar-refractivity contribution in [2.75, 3.05) is 6.61 Å². The lowest BCUT2D eigenvalue weighted by molar-refractivity contribution is 0.101. The molecule has 2 nitrogen and oxygen atoms in total. The molecule has 1 aromatic rings. The van der Waals surface area contributed by atoms with Crippen molar-refractivity contribution in [3.8, 4) is 5.75 Å². The van der Waals surface area contributed by atoms with Gasteiger partial charge in [0.15, 0.2) is 5.78 Å². The molecule has 0 spiro atoms. The molecule has 1 aromatic carbocycles. The number of fused-ring (bicyclic) bond motifs is 1. The number of Topliss-reactive ketones (excluding diaryl/α,β-unsaturated/α-hetero) is 1. The van der Waals surface area contributed by atoms with E-state index in [1.807, 2.05) is 18.2 Å². The van der Waals surface area contributed by atoms with Crippen LogP contribution in [0.5, 0.6) is 5.75 Å². The van der Waals surface area contributed by atoms with E-state index in [0.29, 0.717) is 0 Å². The molecule has 1 aliphatic heterocycles. The largest absolute Gasteiger partial charge is 0.493 e. The van der Waals surface area contributed by atoms with Crippen LogP contribution in [0.3, 0.4) is 0 Å². The van der Waals surface area contributed by atoms with Gasteiger partial charge in [0, 0.05) is 5.56 Å². The van der Waals surface area contributed by atoms with Gasteiger partial charge in [0.05, 0.1) is 6.61 Å². The normalized spacial score (nSPS) is 15.2. The van der Waals surface area contributed by atoms with Crippen LogP contribution in [0.4, 0.5) is 0 Å². The van der Waals surface area contributed by atoms with Gasteiger partial charge < -0.3 is 4.74 Å². The summed E-state index contributed by atoms with van der Waals surface area (Å²) in [5.74, 6) is 1.07. The molecule has 0 amide bonds. The number of hydrogen-bond donors (Lipinski definition) is 0. The van der Waals surface area contributed by atoms with Gasteiger partial charge >= 0.3 is 0 Å². The quantitative estimate of drug-likeness (QED) is 0.636. The Morgan fingerprint density at radius 1 is 1.36 bits per heavy atom. The first-order chi connectivity index (χ1) is 6.77. The third-order valence-corrected chi connectivity index (χ3v) is 2.57. The van der Waals surface area contributed by atoms with Crippen molar-refractivity contribution in [1.29, 1.82) is 0 Å². The van der Waals surface area contributed by atoms with E-state index in [-0.39, 0.29) is 5.78 Å².